The van der Waals surface area contributed by atoms with Gasteiger partial charge in [0.25, 0.3) is 0 Å². The summed E-state index contributed by atoms with van der Waals surface area (Å²) in [5.74, 6) is 1.77. The standard InChI is InChI=1S/C48H29N5O/c1-2-8-30(9-3-1)32-14-15-34-27-35(17-16-33(34)26-32)47-50-46(51-48(52-47)36-20-23-40-41-24-25-49-29-45(41)54-44(40)28-36)31-18-21-37(22-19-31)53-42-12-6-4-10-38(42)39-11-5-7-13-43(39)53/h1-29H. The number of furan rings is 1. The molecule has 54 heavy (non-hydrogen) atoms. The van der Waals surface area contributed by atoms with E-state index >= 15 is 0 Å². The number of benzene rings is 7. The minimum Gasteiger partial charge on any atom is -0.454 e. The minimum atomic E-state index is 0.571. The Balaban J connectivity index is 1.05. The van der Waals surface area contributed by atoms with Crippen molar-refractivity contribution in [2.75, 3.05) is 0 Å². The predicted octanol–water partition coefficient (Wildman–Crippen LogP) is 12.1. The Bertz CT molecular complexity index is 3160. The van der Waals surface area contributed by atoms with Crippen LogP contribution in [0.5, 0.6) is 0 Å². The fourth-order valence-corrected chi connectivity index (χ4v) is 7.69. The van der Waals surface area contributed by atoms with Gasteiger partial charge in [0, 0.05) is 50.1 Å². The number of rotatable bonds is 5. The quantitative estimate of drug-likeness (QED) is 0.180. The SMILES string of the molecule is c1ccc(-c2ccc3cc(-c4nc(-c5ccc(-n6c7ccccc7c7ccccc76)cc5)nc(-c5ccc6c(c5)oc5cnccc56)n4)ccc3c2)cc1. The van der Waals surface area contributed by atoms with Gasteiger partial charge >= 0.3 is 0 Å². The molecule has 0 spiro atoms. The zero-order valence-electron chi connectivity index (χ0n) is 28.9. The van der Waals surface area contributed by atoms with E-state index < -0.39 is 0 Å². The Morgan fingerprint density at radius 3 is 1.67 bits per heavy atom. The van der Waals surface area contributed by atoms with Crippen molar-refractivity contribution in [1.29, 1.82) is 0 Å². The van der Waals surface area contributed by atoms with Crippen LogP contribution in [0, 0.1) is 0 Å². The lowest BCUT2D eigenvalue weighted by Gasteiger charge is -2.11. The maximum atomic E-state index is 6.21. The molecule has 0 aliphatic rings. The molecule has 0 aliphatic heterocycles. The van der Waals surface area contributed by atoms with Crippen molar-refractivity contribution >= 4 is 54.5 Å². The summed E-state index contributed by atoms with van der Waals surface area (Å²) in [5.41, 5.74) is 9.94. The van der Waals surface area contributed by atoms with Gasteiger partial charge in [0.05, 0.1) is 17.2 Å². The molecule has 0 unspecified atom stereocenters. The molecular weight excluding hydrogens is 663 g/mol. The van der Waals surface area contributed by atoms with Crippen LogP contribution in [0.2, 0.25) is 0 Å². The number of pyridine rings is 1. The summed E-state index contributed by atoms with van der Waals surface area (Å²) in [6.07, 6.45) is 3.54. The van der Waals surface area contributed by atoms with Crippen molar-refractivity contribution in [1.82, 2.24) is 24.5 Å². The van der Waals surface area contributed by atoms with Crippen LogP contribution < -0.4 is 0 Å². The lowest BCUT2D eigenvalue weighted by atomic mass is 10.00. The molecule has 252 valence electrons. The highest BCUT2D eigenvalue weighted by molar-refractivity contribution is 6.09. The first-order chi connectivity index (χ1) is 26.7. The molecule has 7 aromatic carbocycles. The van der Waals surface area contributed by atoms with E-state index in [0.717, 1.165) is 55.1 Å². The Morgan fingerprint density at radius 2 is 0.944 bits per heavy atom. The maximum absolute atomic E-state index is 6.21. The number of fused-ring (bicyclic) bond motifs is 7. The largest absolute Gasteiger partial charge is 0.454 e. The van der Waals surface area contributed by atoms with Gasteiger partial charge in [0.1, 0.15) is 5.58 Å². The van der Waals surface area contributed by atoms with E-state index in [9.17, 15) is 0 Å². The van der Waals surface area contributed by atoms with Crippen LogP contribution >= 0.6 is 0 Å². The maximum Gasteiger partial charge on any atom is 0.164 e. The highest BCUT2D eigenvalue weighted by Crippen LogP contribution is 2.35. The van der Waals surface area contributed by atoms with Crippen LogP contribution in [-0.4, -0.2) is 24.5 Å². The van der Waals surface area contributed by atoms with Crippen molar-refractivity contribution in [2.45, 2.75) is 0 Å². The second-order valence-corrected chi connectivity index (χ2v) is 13.6. The van der Waals surface area contributed by atoms with Gasteiger partial charge in [-0.1, -0.05) is 97.1 Å². The fraction of sp³-hybridized carbons (Fsp3) is 0. The average molecular weight is 692 g/mol. The third-order valence-electron chi connectivity index (χ3n) is 10.3. The number of para-hydroxylation sites is 2. The monoisotopic (exact) mass is 691 g/mol. The summed E-state index contributed by atoms with van der Waals surface area (Å²) in [6, 6.07) is 57.1. The fourth-order valence-electron chi connectivity index (χ4n) is 7.69. The normalized spacial score (nSPS) is 11.7. The molecule has 0 fully saturated rings. The third-order valence-corrected chi connectivity index (χ3v) is 10.3. The van der Waals surface area contributed by atoms with Crippen LogP contribution in [0.15, 0.2) is 181 Å². The van der Waals surface area contributed by atoms with Gasteiger partial charge in [-0.2, -0.15) is 0 Å². The Hall–Kier alpha value is -7.44. The molecule has 0 atom stereocenters. The molecule has 0 aliphatic carbocycles. The summed E-state index contributed by atoms with van der Waals surface area (Å²) in [4.78, 5) is 19.5. The molecule has 0 amide bonds. The molecule has 4 heterocycles. The highest BCUT2D eigenvalue weighted by atomic mass is 16.3. The smallest absolute Gasteiger partial charge is 0.164 e. The van der Waals surface area contributed by atoms with Gasteiger partial charge in [-0.15, -0.1) is 0 Å². The van der Waals surface area contributed by atoms with Crippen LogP contribution in [0.3, 0.4) is 0 Å². The van der Waals surface area contributed by atoms with Gasteiger partial charge in [-0.25, -0.2) is 15.0 Å². The van der Waals surface area contributed by atoms with Crippen molar-refractivity contribution in [3.05, 3.63) is 176 Å². The first kappa shape index (κ1) is 30.2. The molecular formula is C48H29N5O. The van der Waals surface area contributed by atoms with E-state index in [-0.39, 0.29) is 0 Å². The second kappa shape index (κ2) is 12.1. The lowest BCUT2D eigenvalue weighted by molar-refractivity contribution is 0.667. The topological polar surface area (TPSA) is 69.6 Å². The van der Waals surface area contributed by atoms with Crippen molar-refractivity contribution in [3.63, 3.8) is 0 Å². The molecule has 11 rings (SSSR count). The highest BCUT2D eigenvalue weighted by Gasteiger charge is 2.17. The molecule has 4 aromatic heterocycles. The van der Waals surface area contributed by atoms with E-state index in [0.29, 0.717) is 17.5 Å². The van der Waals surface area contributed by atoms with E-state index in [1.165, 1.54) is 32.9 Å². The summed E-state index contributed by atoms with van der Waals surface area (Å²) in [7, 11) is 0. The van der Waals surface area contributed by atoms with Gasteiger partial charge in [0.15, 0.2) is 23.1 Å². The molecule has 0 saturated heterocycles. The molecule has 0 bridgehead atoms. The van der Waals surface area contributed by atoms with E-state index in [4.69, 9.17) is 19.4 Å². The van der Waals surface area contributed by atoms with Gasteiger partial charge in [0.2, 0.25) is 0 Å². The first-order valence-electron chi connectivity index (χ1n) is 17.9. The van der Waals surface area contributed by atoms with E-state index in [2.05, 4.69) is 155 Å². The van der Waals surface area contributed by atoms with E-state index in [1.807, 2.05) is 18.2 Å². The lowest BCUT2D eigenvalue weighted by Crippen LogP contribution is -2.00. The molecule has 11 aromatic rings. The van der Waals surface area contributed by atoms with Crippen LogP contribution in [-0.2, 0) is 0 Å². The van der Waals surface area contributed by atoms with Crippen LogP contribution in [0.1, 0.15) is 0 Å². The molecule has 6 heteroatoms. The summed E-state index contributed by atoms with van der Waals surface area (Å²) in [5, 5.41) is 6.78. The zero-order chi connectivity index (χ0) is 35.6. The van der Waals surface area contributed by atoms with Crippen molar-refractivity contribution in [3.8, 4) is 51.0 Å². The molecule has 0 N–H and O–H groups in total. The van der Waals surface area contributed by atoms with Gasteiger partial charge < -0.3 is 8.98 Å². The summed E-state index contributed by atoms with van der Waals surface area (Å²) < 4.78 is 8.52. The average Bonchev–Trinajstić information content (AvgIpc) is 3.79. The predicted molar refractivity (Wildman–Crippen MR) is 218 cm³/mol. The van der Waals surface area contributed by atoms with Gasteiger partial charge in [-0.05, 0) is 88.6 Å². The minimum absolute atomic E-state index is 0.571. The van der Waals surface area contributed by atoms with Crippen molar-refractivity contribution < 1.29 is 4.42 Å². The van der Waals surface area contributed by atoms with Crippen LogP contribution in [0.4, 0.5) is 0 Å². The van der Waals surface area contributed by atoms with E-state index in [1.54, 1.807) is 12.4 Å². The molecule has 0 saturated carbocycles. The Labute approximate surface area is 309 Å². The summed E-state index contributed by atoms with van der Waals surface area (Å²) in [6.45, 7) is 0. The second-order valence-electron chi connectivity index (χ2n) is 13.6. The first-order valence-corrected chi connectivity index (χ1v) is 17.9. The number of hydrogen-bond donors (Lipinski definition) is 0. The van der Waals surface area contributed by atoms with Gasteiger partial charge in [-0.3, -0.25) is 4.98 Å². The number of nitrogens with zero attached hydrogens (tertiary/aromatic N) is 5. The Morgan fingerprint density at radius 1 is 0.389 bits per heavy atom. The van der Waals surface area contributed by atoms with Crippen molar-refractivity contribution in [2.24, 2.45) is 0 Å². The number of hydrogen-bond acceptors (Lipinski definition) is 5. The Kier molecular flexibility index (Phi) is 6.75. The number of aromatic nitrogens is 5. The zero-order valence-corrected chi connectivity index (χ0v) is 28.9. The summed E-state index contributed by atoms with van der Waals surface area (Å²) >= 11 is 0. The third kappa shape index (κ3) is 4.96. The molecule has 0 radical (unpaired) electrons. The molecule has 6 nitrogen and oxygen atoms in total. The van der Waals surface area contributed by atoms with Crippen LogP contribution in [0.25, 0.3) is 105 Å².